The largest absolute Gasteiger partial charge is 0.361 e. The standard InChI is InChI=1S/C23H24N4O4/c1-14-7-4-5-8-15(14)11-19-22(28)26(3)20(23(29)25(19)2)12-16-13-24-17-9-6-10-18(21(16)17)27(30)31/h4-10,13,19-20,24H,11-12H2,1-3H3/t19-,20-/m0/s1. The van der Waals surface area contributed by atoms with Crippen LogP contribution in [0.1, 0.15) is 16.7 Å². The molecule has 2 aromatic carbocycles. The van der Waals surface area contributed by atoms with Crippen LogP contribution in [-0.4, -0.2) is 57.7 Å². The first-order chi connectivity index (χ1) is 14.8. The fourth-order valence-electron chi connectivity index (χ4n) is 4.36. The predicted molar refractivity (Wildman–Crippen MR) is 117 cm³/mol. The highest BCUT2D eigenvalue weighted by Crippen LogP contribution is 2.31. The number of aromatic amines is 1. The lowest BCUT2D eigenvalue weighted by molar-refractivity contribution is -0.383. The van der Waals surface area contributed by atoms with Crippen LogP contribution in [0.15, 0.2) is 48.7 Å². The topological polar surface area (TPSA) is 99.5 Å². The molecular weight excluding hydrogens is 396 g/mol. The smallest absolute Gasteiger partial charge is 0.279 e. The molecule has 0 saturated carbocycles. The van der Waals surface area contributed by atoms with Crippen molar-refractivity contribution in [3.05, 3.63) is 75.5 Å². The molecule has 8 heteroatoms. The van der Waals surface area contributed by atoms with Crippen molar-refractivity contribution in [2.75, 3.05) is 14.1 Å². The fraction of sp³-hybridized carbons (Fsp3) is 0.304. The van der Waals surface area contributed by atoms with E-state index in [1.807, 2.05) is 31.2 Å². The molecule has 8 nitrogen and oxygen atoms in total. The first kappa shape index (κ1) is 20.6. The average molecular weight is 420 g/mol. The number of nitrogens with one attached hydrogen (secondary N) is 1. The van der Waals surface area contributed by atoms with Gasteiger partial charge in [-0.1, -0.05) is 30.3 Å². The van der Waals surface area contributed by atoms with Gasteiger partial charge in [-0.2, -0.15) is 0 Å². The van der Waals surface area contributed by atoms with E-state index in [9.17, 15) is 19.7 Å². The first-order valence-electron chi connectivity index (χ1n) is 10.1. The van der Waals surface area contributed by atoms with E-state index >= 15 is 0 Å². The summed E-state index contributed by atoms with van der Waals surface area (Å²) in [5.41, 5.74) is 3.36. The number of rotatable bonds is 5. The minimum Gasteiger partial charge on any atom is -0.361 e. The van der Waals surface area contributed by atoms with Crippen molar-refractivity contribution in [3.8, 4) is 0 Å². The Bertz CT molecular complexity index is 1190. The second-order valence-electron chi connectivity index (χ2n) is 8.04. The molecule has 1 aromatic heterocycles. The molecule has 160 valence electrons. The summed E-state index contributed by atoms with van der Waals surface area (Å²) in [6.45, 7) is 1.99. The summed E-state index contributed by atoms with van der Waals surface area (Å²) in [5.74, 6) is -0.307. The number of piperazine rings is 1. The van der Waals surface area contributed by atoms with Crippen LogP contribution in [0.25, 0.3) is 10.9 Å². The zero-order chi connectivity index (χ0) is 22.3. The van der Waals surface area contributed by atoms with Gasteiger partial charge in [-0.15, -0.1) is 0 Å². The number of nitro groups is 1. The fourth-order valence-corrected chi connectivity index (χ4v) is 4.36. The van der Waals surface area contributed by atoms with Gasteiger partial charge in [0, 0.05) is 39.2 Å². The third-order valence-corrected chi connectivity index (χ3v) is 6.25. The van der Waals surface area contributed by atoms with Crippen molar-refractivity contribution < 1.29 is 14.5 Å². The van der Waals surface area contributed by atoms with Crippen molar-refractivity contribution >= 4 is 28.4 Å². The summed E-state index contributed by atoms with van der Waals surface area (Å²) in [4.78, 5) is 43.5. The molecule has 0 radical (unpaired) electrons. The zero-order valence-electron chi connectivity index (χ0n) is 17.7. The summed E-state index contributed by atoms with van der Waals surface area (Å²) in [7, 11) is 3.28. The number of hydrogen-bond donors (Lipinski definition) is 1. The van der Waals surface area contributed by atoms with E-state index in [-0.39, 0.29) is 23.9 Å². The van der Waals surface area contributed by atoms with Crippen LogP contribution >= 0.6 is 0 Å². The van der Waals surface area contributed by atoms with Crippen LogP contribution < -0.4 is 0 Å². The van der Waals surface area contributed by atoms with E-state index in [2.05, 4.69) is 4.98 Å². The Morgan fingerprint density at radius 1 is 0.935 bits per heavy atom. The van der Waals surface area contributed by atoms with Gasteiger partial charge in [0.25, 0.3) is 5.69 Å². The Labute approximate surface area is 179 Å². The number of aromatic nitrogens is 1. The maximum atomic E-state index is 13.2. The monoisotopic (exact) mass is 420 g/mol. The molecule has 2 heterocycles. The van der Waals surface area contributed by atoms with Crippen LogP contribution in [0.2, 0.25) is 0 Å². The average Bonchev–Trinajstić information content (AvgIpc) is 3.17. The molecule has 4 rings (SSSR count). The quantitative estimate of drug-likeness (QED) is 0.507. The van der Waals surface area contributed by atoms with E-state index in [0.717, 1.165) is 11.1 Å². The Morgan fingerprint density at radius 2 is 1.55 bits per heavy atom. The number of fused-ring (bicyclic) bond motifs is 1. The highest BCUT2D eigenvalue weighted by molar-refractivity contribution is 5.98. The molecule has 1 fully saturated rings. The number of aryl methyl sites for hydroxylation is 1. The number of carbonyl (C=O) groups excluding carboxylic acids is 2. The van der Waals surface area contributed by atoms with Gasteiger partial charge >= 0.3 is 0 Å². The molecule has 1 saturated heterocycles. The zero-order valence-corrected chi connectivity index (χ0v) is 17.7. The van der Waals surface area contributed by atoms with Gasteiger partial charge in [-0.3, -0.25) is 19.7 Å². The number of likely N-dealkylation sites (N-methyl/N-ethyl adjacent to an activating group) is 2. The lowest BCUT2D eigenvalue weighted by atomic mass is 9.94. The second-order valence-corrected chi connectivity index (χ2v) is 8.04. The number of H-pyrrole nitrogens is 1. The van der Waals surface area contributed by atoms with Crippen molar-refractivity contribution in [2.45, 2.75) is 31.8 Å². The molecular formula is C23H24N4O4. The van der Waals surface area contributed by atoms with Gasteiger partial charge < -0.3 is 14.8 Å². The van der Waals surface area contributed by atoms with E-state index in [0.29, 0.717) is 22.9 Å². The Morgan fingerprint density at radius 3 is 2.16 bits per heavy atom. The number of carbonyl (C=O) groups is 2. The summed E-state index contributed by atoms with van der Waals surface area (Å²) < 4.78 is 0. The summed E-state index contributed by atoms with van der Waals surface area (Å²) in [6, 6.07) is 11.4. The third kappa shape index (κ3) is 3.54. The summed E-state index contributed by atoms with van der Waals surface area (Å²) in [6.07, 6.45) is 2.33. The number of amides is 2. The molecule has 3 aromatic rings. The summed E-state index contributed by atoms with van der Waals surface area (Å²) in [5, 5.41) is 12.0. The number of hydrogen-bond acceptors (Lipinski definition) is 4. The Hall–Kier alpha value is -3.68. The molecule has 31 heavy (non-hydrogen) atoms. The van der Waals surface area contributed by atoms with Crippen molar-refractivity contribution in [3.63, 3.8) is 0 Å². The van der Waals surface area contributed by atoms with Crippen LogP contribution in [0, 0.1) is 17.0 Å². The van der Waals surface area contributed by atoms with Crippen LogP contribution in [-0.2, 0) is 22.4 Å². The van der Waals surface area contributed by atoms with Gasteiger partial charge in [0.15, 0.2) is 0 Å². The van der Waals surface area contributed by atoms with Crippen LogP contribution in [0.4, 0.5) is 5.69 Å². The van der Waals surface area contributed by atoms with E-state index in [1.165, 1.54) is 15.9 Å². The van der Waals surface area contributed by atoms with Gasteiger partial charge in [-0.25, -0.2) is 0 Å². The molecule has 0 unspecified atom stereocenters. The molecule has 1 aliphatic heterocycles. The molecule has 0 aliphatic carbocycles. The van der Waals surface area contributed by atoms with Crippen molar-refractivity contribution in [1.29, 1.82) is 0 Å². The SMILES string of the molecule is Cc1ccccc1C[C@H]1C(=O)N(C)[C@@H](Cc2c[nH]c3cccc([N+](=O)[O-])c23)C(=O)N1C. The highest BCUT2D eigenvalue weighted by Gasteiger charge is 2.43. The molecule has 1 aliphatic rings. The highest BCUT2D eigenvalue weighted by atomic mass is 16.6. The van der Waals surface area contributed by atoms with Gasteiger partial charge in [-0.05, 0) is 29.7 Å². The number of nitro benzene ring substituents is 1. The molecule has 2 atom stereocenters. The van der Waals surface area contributed by atoms with E-state index in [4.69, 9.17) is 0 Å². The van der Waals surface area contributed by atoms with Crippen molar-refractivity contribution in [2.24, 2.45) is 0 Å². The Balaban J connectivity index is 1.63. The maximum Gasteiger partial charge on any atom is 0.279 e. The van der Waals surface area contributed by atoms with Gasteiger partial charge in [0.05, 0.1) is 15.8 Å². The lowest BCUT2D eigenvalue weighted by Crippen LogP contribution is -2.63. The lowest BCUT2D eigenvalue weighted by Gasteiger charge is -2.42. The van der Waals surface area contributed by atoms with Gasteiger partial charge in [0.2, 0.25) is 11.8 Å². The first-order valence-corrected chi connectivity index (χ1v) is 10.1. The number of nitrogens with zero attached hydrogens (tertiary/aromatic N) is 3. The molecule has 1 N–H and O–H groups in total. The Kier molecular flexibility index (Phi) is 5.22. The second kappa shape index (κ2) is 7.86. The molecule has 0 bridgehead atoms. The van der Waals surface area contributed by atoms with Crippen LogP contribution in [0.3, 0.4) is 0 Å². The molecule has 2 amide bonds. The molecule has 0 spiro atoms. The third-order valence-electron chi connectivity index (χ3n) is 6.25. The normalized spacial score (nSPS) is 19.3. The minimum absolute atomic E-state index is 0.0169. The minimum atomic E-state index is -0.718. The van der Waals surface area contributed by atoms with E-state index in [1.54, 1.807) is 32.4 Å². The maximum absolute atomic E-state index is 13.2. The summed E-state index contributed by atoms with van der Waals surface area (Å²) >= 11 is 0. The van der Waals surface area contributed by atoms with Crippen molar-refractivity contribution in [1.82, 2.24) is 14.8 Å². The predicted octanol–water partition coefficient (Wildman–Crippen LogP) is 2.84. The van der Waals surface area contributed by atoms with Crippen LogP contribution in [0.5, 0.6) is 0 Å². The number of benzene rings is 2. The van der Waals surface area contributed by atoms with E-state index < -0.39 is 17.0 Å². The van der Waals surface area contributed by atoms with Gasteiger partial charge in [0.1, 0.15) is 12.1 Å². The number of non-ortho nitro benzene ring substituents is 1.